The summed E-state index contributed by atoms with van der Waals surface area (Å²) in [4.78, 5) is 1.23. The summed E-state index contributed by atoms with van der Waals surface area (Å²) in [6.07, 6.45) is 2.05. The summed E-state index contributed by atoms with van der Waals surface area (Å²) in [5.74, 6) is -0.461. The molecule has 0 aliphatic carbocycles. The fourth-order valence-electron chi connectivity index (χ4n) is 2.02. The number of hydrogen-bond donors (Lipinski definition) is 2. The van der Waals surface area contributed by atoms with Crippen molar-refractivity contribution >= 4 is 11.8 Å². The van der Waals surface area contributed by atoms with E-state index >= 15 is 0 Å². The number of benzene rings is 2. The van der Waals surface area contributed by atoms with E-state index in [1.807, 2.05) is 6.26 Å². The number of rotatable bonds is 5. The molecule has 0 radical (unpaired) electrons. The van der Waals surface area contributed by atoms with Gasteiger partial charge in [0.15, 0.2) is 0 Å². The van der Waals surface area contributed by atoms with Gasteiger partial charge in [-0.1, -0.05) is 12.1 Å². The quantitative estimate of drug-likeness (QED) is 0.813. The van der Waals surface area contributed by atoms with Gasteiger partial charge >= 0.3 is 0 Å². The van der Waals surface area contributed by atoms with Crippen LogP contribution in [0.2, 0.25) is 0 Å². The van der Waals surface area contributed by atoms with Crippen molar-refractivity contribution in [3.05, 3.63) is 59.4 Å². The molecule has 0 aliphatic rings. The Hall–Kier alpha value is -1.52. The molecule has 0 aromatic heterocycles. The molecule has 20 heavy (non-hydrogen) atoms. The van der Waals surface area contributed by atoms with Gasteiger partial charge in [0.05, 0.1) is 0 Å². The number of nitrogens with one attached hydrogen (secondary N) is 1. The fourth-order valence-corrected chi connectivity index (χ4v) is 2.43. The zero-order chi connectivity index (χ0) is 14.5. The predicted octanol–water partition coefficient (Wildman–Crippen LogP) is 4.10. The average Bonchev–Trinajstić information content (AvgIpc) is 2.44. The van der Waals surface area contributed by atoms with Crippen molar-refractivity contribution in [2.75, 3.05) is 6.26 Å². The number of hydrogen-bond acceptors (Lipinski definition) is 3. The Morgan fingerprint density at radius 3 is 2.50 bits per heavy atom. The molecule has 2 rings (SSSR count). The third-order valence-corrected chi connectivity index (χ3v) is 3.91. The van der Waals surface area contributed by atoms with Gasteiger partial charge < -0.3 is 10.4 Å². The zero-order valence-corrected chi connectivity index (χ0v) is 12.4. The second kappa shape index (κ2) is 6.77. The Morgan fingerprint density at radius 1 is 1.20 bits per heavy atom. The fraction of sp³-hybridized carbons (Fsp3) is 0.250. The monoisotopic (exact) mass is 291 g/mol. The zero-order valence-electron chi connectivity index (χ0n) is 11.6. The third kappa shape index (κ3) is 3.99. The molecule has 1 atom stereocenters. The van der Waals surface area contributed by atoms with Crippen LogP contribution >= 0.6 is 11.8 Å². The molecule has 1 unspecified atom stereocenters. The van der Waals surface area contributed by atoms with Crippen molar-refractivity contribution in [1.82, 2.24) is 5.32 Å². The first-order valence-electron chi connectivity index (χ1n) is 6.44. The summed E-state index contributed by atoms with van der Waals surface area (Å²) in [5.41, 5.74) is 1.92. The number of thioether (sulfide) groups is 1. The highest BCUT2D eigenvalue weighted by Crippen LogP contribution is 2.20. The van der Waals surface area contributed by atoms with Crippen molar-refractivity contribution < 1.29 is 9.50 Å². The number of aromatic hydroxyl groups is 1. The SMILES string of the molecule is CSc1ccc(C(C)NCc2cc(O)cc(F)c2)cc1. The Morgan fingerprint density at radius 2 is 1.90 bits per heavy atom. The van der Waals surface area contributed by atoms with Gasteiger partial charge in [0.1, 0.15) is 11.6 Å². The molecule has 0 amide bonds. The van der Waals surface area contributed by atoms with Crippen LogP contribution in [-0.4, -0.2) is 11.4 Å². The van der Waals surface area contributed by atoms with Gasteiger partial charge in [0.25, 0.3) is 0 Å². The van der Waals surface area contributed by atoms with E-state index in [0.29, 0.717) is 6.54 Å². The van der Waals surface area contributed by atoms with Gasteiger partial charge in [-0.25, -0.2) is 4.39 Å². The lowest BCUT2D eigenvalue weighted by Crippen LogP contribution is -2.18. The molecular weight excluding hydrogens is 273 g/mol. The molecule has 106 valence electrons. The van der Waals surface area contributed by atoms with Gasteiger partial charge in [0, 0.05) is 23.5 Å². The molecule has 4 heteroatoms. The van der Waals surface area contributed by atoms with E-state index in [9.17, 15) is 9.50 Å². The van der Waals surface area contributed by atoms with Crippen LogP contribution in [0.3, 0.4) is 0 Å². The van der Waals surface area contributed by atoms with E-state index in [1.54, 1.807) is 17.8 Å². The van der Waals surface area contributed by atoms with Crippen LogP contribution in [0, 0.1) is 5.82 Å². The van der Waals surface area contributed by atoms with Crippen molar-refractivity contribution in [1.29, 1.82) is 0 Å². The summed E-state index contributed by atoms with van der Waals surface area (Å²) < 4.78 is 13.2. The maximum Gasteiger partial charge on any atom is 0.127 e. The highest BCUT2D eigenvalue weighted by Gasteiger charge is 2.06. The van der Waals surface area contributed by atoms with E-state index < -0.39 is 5.82 Å². The number of phenolic OH excluding ortho intramolecular Hbond substituents is 1. The lowest BCUT2D eigenvalue weighted by Gasteiger charge is -2.15. The van der Waals surface area contributed by atoms with Crippen LogP contribution in [0.25, 0.3) is 0 Å². The van der Waals surface area contributed by atoms with Crippen LogP contribution in [-0.2, 0) is 6.54 Å². The first-order chi connectivity index (χ1) is 9.58. The molecule has 2 aromatic rings. The molecule has 0 heterocycles. The molecule has 0 saturated heterocycles. The maximum absolute atomic E-state index is 13.2. The smallest absolute Gasteiger partial charge is 0.127 e. The molecule has 0 spiro atoms. The third-order valence-electron chi connectivity index (χ3n) is 3.17. The van der Waals surface area contributed by atoms with Gasteiger partial charge in [-0.2, -0.15) is 0 Å². The van der Waals surface area contributed by atoms with Crippen molar-refractivity contribution in [2.24, 2.45) is 0 Å². The van der Waals surface area contributed by atoms with Gasteiger partial charge in [0.2, 0.25) is 0 Å². The Labute approximate surface area is 123 Å². The summed E-state index contributed by atoms with van der Waals surface area (Å²) >= 11 is 1.71. The van der Waals surface area contributed by atoms with Gasteiger partial charge in [-0.05, 0) is 48.6 Å². The Balaban J connectivity index is 1.98. The Kier molecular flexibility index (Phi) is 5.04. The largest absolute Gasteiger partial charge is 0.508 e. The molecular formula is C16H18FNOS. The summed E-state index contributed by atoms with van der Waals surface area (Å²) in [6.45, 7) is 2.57. The Bertz CT molecular complexity index is 551. The molecule has 0 saturated carbocycles. The minimum atomic E-state index is -0.418. The first kappa shape index (κ1) is 14.9. The summed E-state index contributed by atoms with van der Waals surface area (Å²) in [7, 11) is 0. The van der Waals surface area contributed by atoms with Crippen LogP contribution in [0.15, 0.2) is 47.4 Å². The summed E-state index contributed by atoms with van der Waals surface area (Å²) in [5, 5.41) is 12.7. The highest BCUT2D eigenvalue weighted by molar-refractivity contribution is 7.98. The normalized spacial score (nSPS) is 12.3. The standard InChI is InChI=1S/C16H18FNOS/c1-11(13-3-5-16(20-2)6-4-13)18-10-12-7-14(17)9-15(19)8-12/h3-9,11,18-19H,10H2,1-2H3. The molecule has 2 aromatic carbocycles. The van der Waals surface area contributed by atoms with E-state index in [-0.39, 0.29) is 11.8 Å². The predicted molar refractivity (Wildman–Crippen MR) is 81.5 cm³/mol. The van der Waals surface area contributed by atoms with Crippen molar-refractivity contribution in [3.8, 4) is 5.75 Å². The van der Waals surface area contributed by atoms with Crippen LogP contribution < -0.4 is 5.32 Å². The number of phenols is 1. The minimum Gasteiger partial charge on any atom is -0.508 e. The second-order valence-electron chi connectivity index (χ2n) is 4.69. The molecule has 0 aliphatic heterocycles. The summed E-state index contributed by atoms with van der Waals surface area (Å²) in [6, 6.07) is 12.6. The van der Waals surface area contributed by atoms with E-state index in [1.165, 1.54) is 16.5 Å². The van der Waals surface area contributed by atoms with Crippen molar-refractivity contribution in [3.63, 3.8) is 0 Å². The lowest BCUT2D eigenvalue weighted by atomic mass is 10.1. The molecule has 0 bridgehead atoms. The highest BCUT2D eigenvalue weighted by atomic mass is 32.2. The molecule has 2 nitrogen and oxygen atoms in total. The number of halogens is 1. The van der Waals surface area contributed by atoms with Crippen molar-refractivity contribution in [2.45, 2.75) is 24.4 Å². The lowest BCUT2D eigenvalue weighted by molar-refractivity contribution is 0.466. The first-order valence-corrected chi connectivity index (χ1v) is 7.66. The topological polar surface area (TPSA) is 32.3 Å². The minimum absolute atomic E-state index is 0.0428. The van der Waals surface area contributed by atoms with Crippen LogP contribution in [0.5, 0.6) is 5.75 Å². The van der Waals surface area contributed by atoms with Crippen LogP contribution in [0.4, 0.5) is 4.39 Å². The van der Waals surface area contributed by atoms with Gasteiger partial charge in [-0.3, -0.25) is 0 Å². The van der Waals surface area contributed by atoms with E-state index in [4.69, 9.17) is 0 Å². The van der Waals surface area contributed by atoms with E-state index in [2.05, 4.69) is 36.5 Å². The maximum atomic E-state index is 13.2. The molecule has 0 fully saturated rings. The molecule has 2 N–H and O–H groups in total. The van der Waals surface area contributed by atoms with Gasteiger partial charge in [-0.15, -0.1) is 11.8 Å². The van der Waals surface area contributed by atoms with Crippen LogP contribution in [0.1, 0.15) is 24.1 Å². The van der Waals surface area contributed by atoms with E-state index in [0.717, 1.165) is 11.6 Å². The average molecular weight is 291 g/mol. The second-order valence-corrected chi connectivity index (χ2v) is 5.57.